The monoisotopic (exact) mass is 282 g/mol. The van der Waals surface area contributed by atoms with E-state index in [1.54, 1.807) is 0 Å². The van der Waals surface area contributed by atoms with Crippen LogP contribution >= 0.6 is 0 Å². The van der Waals surface area contributed by atoms with Gasteiger partial charge in [0.15, 0.2) is 0 Å². The van der Waals surface area contributed by atoms with E-state index in [2.05, 4.69) is 44.5 Å². The summed E-state index contributed by atoms with van der Waals surface area (Å²) in [6.45, 7) is 7.12. The number of rotatable bonds is 4. The van der Waals surface area contributed by atoms with Gasteiger partial charge in [-0.05, 0) is 56.5 Å². The molecule has 4 nitrogen and oxygen atoms in total. The predicted octanol–water partition coefficient (Wildman–Crippen LogP) is 3.31. The first-order chi connectivity index (χ1) is 10.2. The second-order valence-electron chi connectivity index (χ2n) is 5.71. The van der Waals surface area contributed by atoms with Crippen molar-refractivity contribution in [3.63, 3.8) is 0 Å². The van der Waals surface area contributed by atoms with Gasteiger partial charge < -0.3 is 10.2 Å². The van der Waals surface area contributed by atoms with Crippen LogP contribution in [0.2, 0.25) is 0 Å². The third-order valence-electron chi connectivity index (χ3n) is 3.82. The molecular weight excluding hydrogens is 260 g/mol. The number of aryl methyl sites for hydroxylation is 2. The first-order valence-corrected chi connectivity index (χ1v) is 7.60. The zero-order valence-electron chi connectivity index (χ0n) is 12.8. The van der Waals surface area contributed by atoms with Gasteiger partial charge in [0.2, 0.25) is 0 Å². The molecule has 3 heterocycles. The van der Waals surface area contributed by atoms with Gasteiger partial charge in [-0.25, -0.2) is 4.98 Å². The highest BCUT2D eigenvalue weighted by atomic mass is 15.2. The second kappa shape index (κ2) is 6.12. The van der Waals surface area contributed by atoms with Crippen molar-refractivity contribution >= 4 is 11.5 Å². The van der Waals surface area contributed by atoms with Crippen molar-refractivity contribution in [3.8, 4) is 0 Å². The molecule has 0 bridgehead atoms. The Morgan fingerprint density at radius 2 is 1.81 bits per heavy atom. The Morgan fingerprint density at radius 1 is 1.10 bits per heavy atom. The van der Waals surface area contributed by atoms with E-state index in [1.807, 2.05) is 20.0 Å². The maximum Gasteiger partial charge on any atom is 0.128 e. The molecule has 3 rings (SSSR count). The van der Waals surface area contributed by atoms with Crippen LogP contribution in [0, 0.1) is 13.8 Å². The number of hydrogen-bond acceptors (Lipinski definition) is 4. The van der Waals surface area contributed by atoms with Gasteiger partial charge in [-0.15, -0.1) is 0 Å². The molecule has 2 aromatic heterocycles. The molecule has 21 heavy (non-hydrogen) atoms. The van der Waals surface area contributed by atoms with E-state index in [9.17, 15) is 0 Å². The summed E-state index contributed by atoms with van der Waals surface area (Å²) in [6, 6.07) is 8.43. The standard InChI is InChI=1S/C17H22N4/c1-13-9-16(10-14(2)20-13)19-12-15-5-6-18-17(11-15)21-7-3-4-8-21/h5-6,9-11H,3-4,7-8,12H2,1-2H3,(H,19,20). The first kappa shape index (κ1) is 13.9. The van der Waals surface area contributed by atoms with Gasteiger partial charge in [-0.2, -0.15) is 0 Å². The van der Waals surface area contributed by atoms with E-state index < -0.39 is 0 Å². The molecule has 1 saturated heterocycles. The van der Waals surface area contributed by atoms with E-state index in [4.69, 9.17) is 0 Å². The fraction of sp³-hybridized carbons (Fsp3) is 0.412. The van der Waals surface area contributed by atoms with Crippen LogP contribution in [-0.4, -0.2) is 23.1 Å². The second-order valence-corrected chi connectivity index (χ2v) is 5.71. The fourth-order valence-corrected chi connectivity index (χ4v) is 2.83. The number of aromatic nitrogens is 2. The SMILES string of the molecule is Cc1cc(NCc2ccnc(N3CCCC3)c2)cc(C)n1. The normalized spacial score (nSPS) is 14.5. The molecule has 1 fully saturated rings. The summed E-state index contributed by atoms with van der Waals surface area (Å²) >= 11 is 0. The van der Waals surface area contributed by atoms with Crippen molar-refractivity contribution in [2.24, 2.45) is 0 Å². The smallest absolute Gasteiger partial charge is 0.128 e. The molecule has 0 aliphatic carbocycles. The lowest BCUT2D eigenvalue weighted by Crippen LogP contribution is -2.19. The van der Waals surface area contributed by atoms with Gasteiger partial charge in [0, 0.05) is 42.9 Å². The van der Waals surface area contributed by atoms with Gasteiger partial charge in [0.1, 0.15) is 5.82 Å². The molecule has 0 amide bonds. The van der Waals surface area contributed by atoms with Crippen LogP contribution in [0.25, 0.3) is 0 Å². The highest BCUT2D eigenvalue weighted by molar-refractivity contribution is 5.47. The molecule has 0 unspecified atom stereocenters. The molecule has 1 aliphatic rings. The number of nitrogens with zero attached hydrogens (tertiary/aromatic N) is 3. The number of hydrogen-bond donors (Lipinski definition) is 1. The van der Waals surface area contributed by atoms with Gasteiger partial charge in [-0.3, -0.25) is 4.98 Å². The molecule has 0 radical (unpaired) electrons. The van der Waals surface area contributed by atoms with Crippen molar-refractivity contribution in [2.45, 2.75) is 33.2 Å². The average molecular weight is 282 g/mol. The van der Waals surface area contributed by atoms with Crippen LogP contribution in [0.4, 0.5) is 11.5 Å². The molecule has 0 atom stereocenters. The van der Waals surface area contributed by atoms with Crippen molar-refractivity contribution < 1.29 is 0 Å². The average Bonchev–Trinajstić information content (AvgIpc) is 2.99. The van der Waals surface area contributed by atoms with Crippen LogP contribution in [0.1, 0.15) is 29.8 Å². The molecule has 0 saturated carbocycles. The number of pyridine rings is 2. The third kappa shape index (κ3) is 3.51. The Labute approximate surface area is 126 Å². The van der Waals surface area contributed by atoms with Gasteiger partial charge in [0.05, 0.1) is 0 Å². The summed E-state index contributed by atoms with van der Waals surface area (Å²) in [5.41, 5.74) is 4.48. The van der Waals surface area contributed by atoms with E-state index in [-0.39, 0.29) is 0 Å². The van der Waals surface area contributed by atoms with Crippen LogP contribution in [0.5, 0.6) is 0 Å². The topological polar surface area (TPSA) is 41.1 Å². The lowest BCUT2D eigenvalue weighted by Gasteiger charge is -2.17. The maximum atomic E-state index is 4.49. The molecule has 0 aromatic carbocycles. The maximum absolute atomic E-state index is 4.49. The summed E-state index contributed by atoms with van der Waals surface area (Å²) in [5.74, 6) is 1.11. The highest BCUT2D eigenvalue weighted by Crippen LogP contribution is 2.19. The Bertz CT molecular complexity index is 598. The van der Waals surface area contributed by atoms with Crippen molar-refractivity contribution in [1.82, 2.24) is 9.97 Å². The summed E-state index contributed by atoms with van der Waals surface area (Å²) in [7, 11) is 0. The molecular formula is C17H22N4. The minimum Gasteiger partial charge on any atom is -0.381 e. The summed E-state index contributed by atoms with van der Waals surface area (Å²) in [4.78, 5) is 11.3. The van der Waals surface area contributed by atoms with E-state index in [0.717, 1.165) is 42.5 Å². The molecule has 2 aromatic rings. The Kier molecular flexibility index (Phi) is 4.04. The van der Waals surface area contributed by atoms with E-state index in [1.165, 1.54) is 18.4 Å². The summed E-state index contributed by atoms with van der Waals surface area (Å²) < 4.78 is 0. The predicted molar refractivity (Wildman–Crippen MR) is 86.7 cm³/mol. The number of nitrogens with one attached hydrogen (secondary N) is 1. The van der Waals surface area contributed by atoms with Gasteiger partial charge in [-0.1, -0.05) is 0 Å². The number of anilines is 2. The fourth-order valence-electron chi connectivity index (χ4n) is 2.83. The zero-order valence-corrected chi connectivity index (χ0v) is 12.8. The molecule has 4 heteroatoms. The minimum absolute atomic E-state index is 0.812. The van der Waals surface area contributed by atoms with E-state index >= 15 is 0 Å². The van der Waals surface area contributed by atoms with Crippen molar-refractivity contribution in [2.75, 3.05) is 23.3 Å². The molecule has 110 valence electrons. The minimum atomic E-state index is 0.812. The lowest BCUT2D eigenvalue weighted by atomic mass is 10.2. The quantitative estimate of drug-likeness (QED) is 0.934. The first-order valence-electron chi connectivity index (χ1n) is 7.60. The van der Waals surface area contributed by atoms with Gasteiger partial charge >= 0.3 is 0 Å². The molecule has 1 N–H and O–H groups in total. The summed E-state index contributed by atoms with van der Waals surface area (Å²) in [6.07, 6.45) is 4.47. The van der Waals surface area contributed by atoms with Crippen molar-refractivity contribution in [1.29, 1.82) is 0 Å². The third-order valence-corrected chi connectivity index (χ3v) is 3.82. The van der Waals surface area contributed by atoms with Crippen molar-refractivity contribution in [3.05, 3.63) is 47.4 Å². The highest BCUT2D eigenvalue weighted by Gasteiger charge is 2.13. The lowest BCUT2D eigenvalue weighted by molar-refractivity contribution is 0.931. The van der Waals surface area contributed by atoms with Crippen LogP contribution in [0.15, 0.2) is 30.5 Å². The Balaban J connectivity index is 1.68. The van der Waals surface area contributed by atoms with Crippen LogP contribution in [-0.2, 0) is 6.54 Å². The molecule has 1 aliphatic heterocycles. The Hall–Kier alpha value is -2.10. The summed E-state index contributed by atoms with van der Waals surface area (Å²) in [5, 5.41) is 3.47. The van der Waals surface area contributed by atoms with Crippen LogP contribution < -0.4 is 10.2 Å². The van der Waals surface area contributed by atoms with E-state index in [0.29, 0.717) is 0 Å². The van der Waals surface area contributed by atoms with Gasteiger partial charge in [0.25, 0.3) is 0 Å². The zero-order chi connectivity index (χ0) is 14.7. The van der Waals surface area contributed by atoms with Crippen LogP contribution in [0.3, 0.4) is 0 Å². The largest absolute Gasteiger partial charge is 0.381 e. The molecule has 0 spiro atoms. The Morgan fingerprint density at radius 3 is 2.52 bits per heavy atom.